The summed E-state index contributed by atoms with van der Waals surface area (Å²) in [5.74, 6) is 0. The van der Waals surface area contributed by atoms with Crippen LogP contribution >= 0.6 is 0 Å². The van der Waals surface area contributed by atoms with Gasteiger partial charge in [-0.3, -0.25) is 0 Å². The fourth-order valence-electron chi connectivity index (χ4n) is 2.94. The summed E-state index contributed by atoms with van der Waals surface area (Å²) in [5.41, 5.74) is 4.02. The lowest BCUT2D eigenvalue weighted by Crippen LogP contribution is -2.33. The van der Waals surface area contributed by atoms with Crippen LogP contribution in [0.2, 0.25) is 0 Å². The summed E-state index contributed by atoms with van der Waals surface area (Å²) in [7, 11) is 0. The smallest absolute Gasteiger partial charge is 0.0394 e. The van der Waals surface area contributed by atoms with Gasteiger partial charge in [0.15, 0.2) is 0 Å². The molecular formula is C15H23N3. The van der Waals surface area contributed by atoms with Crippen LogP contribution in [0.1, 0.15) is 24.8 Å². The molecule has 98 valence electrons. The second kappa shape index (κ2) is 5.61. The van der Waals surface area contributed by atoms with Crippen molar-refractivity contribution in [2.45, 2.75) is 25.7 Å². The highest BCUT2D eigenvalue weighted by Crippen LogP contribution is 2.25. The first-order valence-electron chi connectivity index (χ1n) is 7.25. The first-order valence-corrected chi connectivity index (χ1v) is 7.25. The molecule has 3 heteroatoms. The van der Waals surface area contributed by atoms with Crippen molar-refractivity contribution in [3.8, 4) is 0 Å². The number of fused-ring (bicyclic) bond motifs is 1. The molecule has 1 aromatic rings. The van der Waals surface area contributed by atoms with Crippen molar-refractivity contribution < 1.29 is 0 Å². The molecule has 18 heavy (non-hydrogen) atoms. The van der Waals surface area contributed by atoms with Crippen LogP contribution in [-0.4, -0.2) is 37.6 Å². The van der Waals surface area contributed by atoms with Crippen molar-refractivity contribution in [2.24, 2.45) is 0 Å². The van der Waals surface area contributed by atoms with Gasteiger partial charge in [-0.1, -0.05) is 12.5 Å². The van der Waals surface area contributed by atoms with Crippen LogP contribution < -0.4 is 10.6 Å². The highest BCUT2D eigenvalue weighted by molar-refractivity contribution is 5.63. The molecule has 0 spiro atoms. The molecule has 0 aromatic heterocycles. The fourth-order valence-corrected chi connectivity index (χ4v) is 2.94. The zero-order valence-corrected chi connectivity index (χ0v) is 11.0. The minimum absolute atomic E-state index is 1.05. The number of hydrogen-bond donors (Lipinski definition) is 2. The van der Waals surface area contributed by atoms with E-state index in [4.69, 9.17) is 0 Å². The number of piperidine rings is 1. The molecule has 3 rings (SSSR count). The number of benzene rings is 1. The third-order valence-electron chi connectivity index (χ3n) is 4.03. The van der Waals surface area contributed by atoms with E-state index >= 15 is 0 Å². The first-order chi connectivity index (χ1) is 8.92. The van der Waals surface area contributed by atoms with Gasteiger partial charge in [0.2, 0.25) is 0 Å². The second-order valence-corrected chi connectivity index (χ2v) is 5.38. The normalized spacial score (nSPS) is 19.3. The zero-order valence-electron chi connectivity index (χ0n) is 11.0. The Kier molecular flexibility index (Phi) is 3.69. The molecule has 2 aliphatic heterocycles. The van der Waals surface area contributed by atoms with Crippen molar-refractivity contribution in [1.82, 2.24) is 4.90 Å². The van der Waals surface area contributed by atoms with Crippen LogP contribution in [0.25, 0.3) is 0 Å². The lowest BCUT2D eigenvalue weighted by molar-refractivity contribution is 0.237. The first kappa shape index (κ1) is 11.8. The van der Waals surface area contributed by atoms with E-state index in [1.165, 1.54) is 62.3 Å². The van der Waals surface area contributed by atoms with E-state index in [0.29, 0.717) is 0 Å². The Balaban J connectivity index is 1.48. The van der Waals surface area contributed by atoms with Crippen molar-refractivity contribution in [2.75, 3.05) is 43.4 Å². The molecule has 2 heterocycles. The van der Waals surface area contributed by atoms with Gasteiger partial charge in [-0.25, -0.2) is 0 Å². The molecule has 0 radical (unpaired) electrons. The molecule has 2 aliphatic rings. The molecule has 3 nitrogen and oxygen atoms in total. The summed E-state index contributed by atoms with van der Waals surface area (Å²) in [6.07, 6.45) is 5.34. The summed E-state index contributed by atoms with van der Waals surface area (Å²) < 4.78 is 0. The molecule has 1 saturated heterocycles. The Morgan fingerprint density at radius 3 is 2.94 bits per heavy atom. The largest absolute Gasteiger partial charge is 0.384 e. The molecular weight excluding hydrogens is 222 g/mol. The Morgan fingerprint density at radius 2 is 2.06 bits per heavy atom. The average Bonchev–Trinajstić information content (AvgIpc) is 2.87. The Hall–Kier alpha value is -1.22. The molecule has 2 N–H and O–H groups in total. The fraction of sp³-hybridized carbons (Fsp3) is 0.600. The van der Waals surface area contributed by atoms with Crippen molar-refractivity contribution in [3.05, 3.63) is 23.8 Å². The summed E-state index contributed by atoms with van der Waals surface area (Å²) >= 11 is 0. The molecule has 0 amide bonds. The molecule has 0 bridgehead atoms. The molecule has 0 unspecified atom stereocenters. The summed E-state index contributed by atoms with van der Waals surface area (Å²) in [5, 5.41) is 6.97. The standard InChI is InChI=1S/C15H23N3/c1-2-9-18(10-3-1)11-8-16-14-5-4-13-6-7-17-15(13)12-14/h4-5,12,16-17H,1-3,6-11H2. The number of hydrogen-bond acceptors (Lipinski definition) is 3. The monoisotopic (exact) mass is 245 g/mol. The van der Waals surface area contributed by atoms with Crippen LogP contribution in [0, 0.1) is 0 Å². The average molecular weight is 245 g/mol. The van der Waals surface area contributed by atoms with Crippen molar-refractivity contribution in [1.29, 1.82) is 0 Å². The third-order valence-corrected chi connectivity index (χ3v) is 4.03. The van der Waals surface area contributed by atoms with Crippen molar-refractivity contribution in [3.63, 3.8) is 0 Å². The van der Waals surface area contributed by atoms with Crippen LogP contribution in [0.4, 0.5) is 11.4 Å². The van der Waals surface area contributed by atoms with Crippen LogP contribution in [0.3, 0.4) is 0 Å². The van der Waals surface area contributed by atoms with E-state index in [1.54, 1.807) is 0 Å². The maximum absolute atomic E-state index is 3.54. The maximum Gasteiger partial charge on any atom is 0.0394 e. The quantitative estimate of drug-likeness (QED) is 0.853. The Bertz CT molecular complexity index is 397. The SMILES string of the molecule is c1cc2c(cc1NCCN1CCCCC1)NCC2. The molecule has 0 atom stereocenters. The predicted octanol–water partition coefficient (Wildman–Crippen LogP) is 2.55. The van der Waals surface area contributed by atoms with Gasteiger partial charge < -0.3 is 15.5 Å². The topological polar surface area (TPSA) is 27.3 Å². The predicted molar refractivity (Wildman–Crippen MR) is 77.4 cm³/mol. The third kappa shape index (κ3) is 2.78. The minimum Gasteiger partial charge on any atom is -0.384 e. The van der Waals surface area contributed by atoms with Gasteiger partial charge >= 0.3 is 0 Å². The number of rotatable bonds is 4. The van der Waals surface area contributed by atoms with Crippen LogP contribution in [0.5, 0.6) is 0 Å². The summed E-state index contributed by atoms with van der Waals surface area (Å²) in [4.78, 5) is 2.57. The highest BCUT2D eigenvalue weighted by atomic mass is 15.1. The van der Waals surface area contributed by atoms with E-state index in [1.807, 2.05) is 0 Å². The number of nitrogens with zero attached hydrogens (tertiary/aromatic N) is 1. The summed E-state index contributed by atoms with van der Waals surface area (Å²) in [6.45, 7) is 5.89. The maximum atomic E-state index is 3.54. The van der Waals surface area contributed by atoms with Gasteiger partial charge in [0.25, 0.3) is 0 Å². The lowest BCUT2D eigenvalue weighted by Gasteiger charge is -2.26. The lowest BCUT2D eigenvalue weighted by atomic mass is 10.1. The van der Waals surface area contributed by atoms with Gasteiger partial charge in [-0.2, -0.15) is 0 Å². The molecule has 0 aliphatic carbocycles. The van der Waals surface area contributed by atoms with E-state index < -0.39 is 0 Å². The van der Waals surface area contributed by atoms with Gasteiger partial charge in [0.1, 0.15) is 0 Å². The second-order valence-electron chi connectivity index (χ2n) is 5.38. The summed E-state index contributed by atoms with van der Waals surface area (Å²) in [6, 6.07) is 6.71. The molecule has 0 saturated carbocycles. The number of likely N-dealkylation sites (tertiary alicyclic amines) is 1. The van der Waals surface area contributed by atoms with Crippen LogP contribution in [-0.2, 0) is 6.42 Å². The van der Waals surface area contributed by atoms with Gasteiger partial charge in [0, 0.05) is 31.0 Å². The van der Waals surface area contributed by atoms with Gasteiger partial charge in [-0.05, 0) is 50.0 Å². The van der Waals surface area contributed by atoms with E-state index in [0.717, 1.165) is 13.1 Å². The number of nitrogens with one attached hydrogen (secondary N) is 2. The van der Waals surface area contributed by atoms with E-state index in [9.17, 15) is 0 Å². The zero-order chi connectivity index (χ0) is 12.2. The Morgan fingerprint density at radius 1 is 1.17 bits per heavy atom. The minimum atomic E-state index is 1.05. The highest BCUT2D eigenvalue weighted by Gasteiger charge is 2.11. The molecule has 1 fully saturated rings. The van der Waals surface area contributed by atoms with Crippen molar-refractivity contribution >= 4 is 11.4 Å². The molecule has 1 aromatic carbocycles. The Labute approximate surface area is 110 Å². The van der Waals surface area contributed by atoms with Gasteiger partial charge in [-0.15, -0.1) is 0 Å². The van der Waals surface area contributed by atoms with E-state index in [-0.39, 0.29) is 0 Å². The van der Waals surface area contributed by atoms with E-state index in [2.05, 4.69) is 33.7 Å². The van der Waals surface area contributed by atoms with Crippen LogP contribution in [0.15, 0.2) is 18.2 Å². The van der Waals surface area contributed by atoms with Gasteiger partial charge in [0.05, 0.1) is 0 Å². The number of anilines is 2.